The van der Waals surface area contributed by atoms with Crippen LogP contribution in [0.15, 0.2) is 29.0 Å². The van der Waals surface area contributed by atoms with Crippen LogP contribution in [0.4, 0.5) is 5.82 Å². The number of hydrogen-bond donors (Lipinski definition) is 2. The van der Waals surface area contributed by atoms with Crippen LogP contribution in [0.2, 0.25) is 0 Å². The second-order valence-electron chi connectivity index (χ2n) is 4.73. The van der Waals surface area contributed by atoms with Crippen molar-refractivity contribution in [3.05, 3.63) is 24.6 Å². The summed E-state index contributed by atoms with van der Waals surface area (Å²) in [6, 6.07) is 4.16. The normalized spacial score (nSPS) is 24.3. The molecule has 1 fully saturated rings. The molecule has 1 aliphatic rings. The quantitative estimate of drug-likeness (QED) is 0.851. The van der Waals surface area contributed by atoms with Crippen molar-refractivity contribution in [1.29, 1.82) is 0 Å². The molecule has 0 radical (unpaired) electrons. The van der Waals surface area contributed by atoms with Gasteiger partial charge in [-0.3, -0.25) is 0 Å². The fourth-order valence-corrected chi connectivity index (χ4v) is 2.58. The van der Waals surface area contributed by atoms with Gasteiger partial charge in [0.15, 0.2) is 0 Å². The van der Waals surface area contributed by atoms with E-state index in [9.17, 15) is 0 Å². The van der Waals surface area contributed by atoms with Crippen molar-refractivity contribution in [3.8, 4) is 0 Å². The van der Waals surface area contributed by atoms with E-state index in [1.54, 1.807) is 12.5 Å². The van der Waals surface area contributed by atoms with Gasteiger partial charge in [0.2, 0.25) is 0 Å². The zero-order valence-electron chi connectivity index (χ0n) is 9.73. The molecule has 4 nitrogen and oxygen atoms in total. The molecule has 17 heavy (non-hydrogen) atoms. The van der Waals surface area contributed by atoms with Gasteiger partial charge in [-0.1, -0.05) is 6.42 Å². The minimum atomic E-state index is 0.339. The lowest BCUT2D eigenvalue weighted by Crippen LogP contribution is -2.29. The number of nitrogens with one attached hydrogen (secondary N) is 1. The van der Waals surface area contributed by atoms with Crippen molar-refractivity contribution in [2.45, 2.75) is 25.3 Å². The van der Waals surface area contributed by atoms with Crippen molar-refractivity contribution < 1.29 is 4.42 Å². The highest BCUT2D eigenvalue weighted by Crippen LogP contribution is 2.26. The topological polar surface area (TPSA) is 64.1 Å². The van der Waals surface area contributed by atoms with E-state index in [0.29, 0.717) is 12.0 Å². The maximum Gasteiger partial charge on any atom is 0.139 e. The summed E-state index contributed by atoms with van der Waals surface area (Å²) in [5.41, 5.74) is 6.93. The highest BCUT2D eigenvalue weighted by atomic mass is 16.3. The van der Waals surface area contributed by atoms with E-state index in [2.05, 4.69) is 10.3 Å². The van der Waals surface area contributed by atoms with Crippen molar-refractivity contribution in [3.63, 3.8) is 0 Å². The molecule has 1 saturated carbocycles. The second-order valence-corrected chi connectivity index (χ2v) is 4.73. The summed E-state index contributed by atoms with van der Waals surface area (Å²) in [5, 5.41) is 4.44. The monoisotopic (exact) mass is 231 g/mol. The van der Waals surface area contributed by atoms with Crippen LogP contribution in [-0.2, 0) is 0 Å². The summed E-state index contributed by atoms with van der Waals surface area (Å²) in [4.78, 5) is 4.35. The lowest BCUT2D eigenvalue weighted by atomic mass is 10.0. The first-order valence-corrected chi connectivity index (χ1v) is 6.16. The molecular formula is C13H17N3O. The molecule has 2 aromatic heterocycles. The molecule has 0 aliphatic heterocycles. The van der Waals surface area contributed by atoms with Crippen molar-refractivity contribution >= 4 is 16.8 Å². The van der Waals surface area contributed by atoms with Crippen LogP contribution in [0.25, 0.3) is 11.0 Å². The van der Waals surface area contributed by atoms with Gasteiger partial charge in [0.1, 0.15) is 11.4 Å². The first-order chi connectivity index (χ1) is 8.34. The third kappa shape index (κ3) is 2.00. The standard InChI is InChI=1S/C13H17N3O/c14-11-3-1-2-9(11)8-16-13-10-5-7-17-12(10)4-6-15-13/h4-7,9,11H,1-3,8,14H2,(H,15,16). The predicted octanol–water partition coefficient (Wildman–Crippen LogP) is 2.37. The molecule has 0 bridgehead atoms. The number of nitrogens with zero attached hydrogens (tertiary/aromatic N) is 1. The zero-order chi connectivity index (χ0) is 11.7. The number of hydrogen-bond acceptors (Lipinski definition) is 4. The maximum atomic E-state index is 6.06. The van der Waals surface area contributed by atoms with Crippen LogP contribution < -0.4 is 11.1 Å². The van der Waals surface area contributed by atoms with Crippen LogP contribution in [0.3, 0.4) is 0 Å². The van der Waals surface area contributed by atoms with Crippen LogP contribution in [0, 0.1) is 5.92 Å². The minimum absolute atomic E-state index is 0.339. The Hall–Kier alpha value is -1.55. The summed E-state index contributed by atoms with van der Waals surface area (Å²) in [5.74, 6) is 1.47. The molecule has 0 spiro atoms. The highest BCUT2D eigenvalue weighted by molar-refractivity contribution is 5.87. The van der Waals surface area contributed by atoms with Gasteiger partial charge < -0.3 is 15.5 Å². The summed E-state index contributed by atoms with van der Waals surface area (Å²) in [7, 11) is 0. The third-order valence-electron chi connectivity index (χ3n) is 3.63. The minimum Gasteiger partial charge on any atom is -0.464 e. The number of furan rings is 1. The number of rotatable bonds is 3. The Morgan fingerprint density at radius 3 is 3.18 bits per heavy atom. The number of pyridine rings is 1. The summed E-state index contributed by atoms with van der Waals surface area (Å²) < 4.78 is 5.35. The number of aromatic nitrogens is 1. The van der Waals surface area contributed by atoms with E-state index in [4.69, 9.17) is 10.2 Å². The van der Waals surface area contributed by atoms with Gasteiger partial charge in [0.05, 0.1) is 11.6 Å². The van der Waals surface area contributed by atoms with E-state index >= 15 is 0 Å². The van der Waals surface area contributed by atoms with Gasteiger partial charge in [-0.2, -0.15) is 0 Å². The summed E-state index contributed by atoms with van der Waals surface area (Å²) >= 11 is 0. The van der Waals surface area contributed by atoms with Gasteiger partial charge in [-0.15, -0.1) is 0 Å². The Morgan fingerprint density at radius 1 is 1.41 bits per heavy atom. The van der Waals surface area contributed by atoms with E-state index in [0.717, 1.165) is 29.8 Å². The zero-order valence-corrected chi connectivity index (χ0v) is 9.73. The number of nitrogens with two attached hydrogens (primary N) is 1. The number of fused-ring (bicyclic) bond motifs is 1. The van der Waals surface area contributed by atoms with Crippen molar-refractivity contribution in [2.75, 3.05) is 11.9 Å². The van der Waals surface area contributed by atoms with Gasteiger partial charge in [-0.25, -0.2) is 4.98 Å². The third-order valence-corrected chi connectivity index (χ3v) is 3.63. The largest absolute Gasteiger partial charge is 0.464 e. The van der Waals surface area contributed by atoms with Crippen molar-refractivity contribution in [2.24, 2.45) is 11.7 Å². The Labute approximate surface area is 100 Å². The van der Waals surface area contributed by atoms with Gasteiger partial charge >= 0.3 is 0 Å². The van der Waals surface area contributed by atoms with Crippen LogP contribution >= 0.6 is 0 Å². The Balaban J connectivity index is 1.74. The molecule has 2 aromatic rings. The molecule has 3 N–H and O–H groups in total. The molecule has 1 aliphatic carbocycles. The second kappa shape index (κ2) is 4.37. The fraction of sp³-hybridized carbons (Fsp3) is 0.462. The average Bonchev–Trinajstić information content (AvgIpc) is 2.95. The van der Waals surface area contributed by atoms with Crippen LogP contribution in [-0.4, -0.2) is 17.6 Å². The molecular weight excluding hydrogens is 214 g/mol. The first-order valence-electron chi connectivity index (χ1n) is 6.16. The molecule has 0 amide bonds. The predicted molar refractivity (Wildman–Crippen MR) is 67.8 cm³/mol. The van der Waals surface area contributed by atoms with Gasteiger partial charge in [-0.05, 0) is 30.9 Å². The smallest absolute Gasteiger partial charge is 0.139 e. The van der Waals surface area contributed by atoms with Gasteiger partial charge in [0, 0.05) is 18.8 Å². The van der Waals surface area contributed by atoms with Crippen LogP contribution in [0.1, 0.15) is 19.3 Å². The Bertz CT molecular complexity index is 508. The molecule has 2 heterocycles. The maximum absolute atomic E-state index is 6.06. The lowest BCUT2D eigenvalue weighted by molar-refractivity contribution is 0.505. The lowest BCUT2D eigenvalue weighted by Gasteiger charge is -2.16. The van der Waals surface area contributed by atoms with E-state index in [-0.39, 0.29) is 0 Å². The van der Waals surface area contributed by atoms with E-state index in [1.165, 1.54) is 12.8 Å². The first kappa shape index (κ1) is 10.6. The SMILES string of the molecule is NC1CCCC1CNc1nccc2occc12. The molecule has 90 valence electrons. The van der Waals surface area contributed by atoms with E-state index < -0.39 is 0 Å². The molecule has 2 unspecified atom stereocenters. The van der Waals surface area contributed by atoms with Gasteiger partial charge in [0.25, 0.3) is 0 Å². The average molecular weight is 231 g/mol. The number of anilines is 1. The molecule has 3 rings (SSSR count). The Morgan fingerprint density at radius 2 is 2.35 bits per heavy atom. The summed E-state index contributed by atoms with van der Waals surface area (Å²) in [6.07, 6.45) is 7.07. The molecule has 0 aromatic carbocycles. The van der Waals surface area contributed by atoms with Crippen LogP contribution in [0.5, 0.6) is 0 Å². The Kier molecular flexibility index (Phi) is 2.73. The summed E-state index contributed by atoms with van der Waals surface area (Å²) in [6.45, 7) is 0.901. The fourth-order valence-electron chi connectivity index (χ4n) is 2.58. The molecule has 2 atom stereocenters. The van der Waals surface area contributed by atoms with Crippen molar-refractivity contribution in [1.82, 2.24) is 4.98 Å². The highest BCUT2D eigenvalue weighted by Gasteiger charge is 2.23. The molecule has 0 saturated heterocycles. The molecule has 4 heteroatoms. The van der Waals surface area contributed by atoms with E-state index in [1.807, 2.05) is 12.1 Å².